The first-order valence-electron chi connectivity index (χ1n) is 5.80. The molecule has 6 heteroatoms. The minimum Gasteiger partial charge on any atom is -0.497 e. The average Bonchev–Trinajstić information content (AvgIpc) is 2.96. The second-order valence-corrected chi connectivity index (χ2v) is 3.84. The zero-order valence-corrected chi connectivity index (χ0v) is 10.8. The number of hydrogen-bond donors (Lipinski definition) is 1. The van der Waals surface area contributed by atoms with Crippen LogP contribution in [0.2, 0.25) is 0 Å². The summed E-state index contributed by atoms with van der Waals surface area (Å²) < 4.78 is 15.6. The van der Waals surface area contributed by atoms with Crippen LogP contribution in [0.1, 0.15) is 11.3 Å². The Kier molecular flexibility index (Phi) is 4.39. The van der Waals surface area contributed by atoms with Crippen molar-refractivity contribution in [1.29, 1.82) is 0 Å². The number of methoxy groups -OCH3 is 1. The molecule has 0 fully saturated rings. The molecule has 20 heavy (non-hydrogen) atoms. The SMILES string of the molecule is COc1ccc(/C=C/C(=O)O)c(OCc2ccno2)c1. The molecule has 6 nitrogen and oxygen atoms in total. The van der Waals surface area contributed by atoms with Crippen LogP contribution in [0.3, 0.4) is 0 Å². The van der Waals surface area contributed by atoms with Crippen molar-refractivity contribution in [3.8, 4) is 11.5 Å². The molecule has 0 amide bonds. The Morgan fingerprint density at radius 1 is 1.45 bits per heavy atom. The first kappa shape index (κ1) is 13.7. The Morgan fingerprint density at radius 3 is 2.95 bits per heavy atom. The van der Waals surface area contributed by atoms with Crippen LogP contribution in [-0.4, -0.2) is 23.3 Å². The van der Waals surface area contributed by atoms with Crippen molar-refractivity contribution in [3.63, 3.8) is 0 Å². The number of rotatable bonds is 6. The largest absolute Gasteiger partial charge is 0.497 e. The van der Waals surface area contributed by atoms with Gasteiger partial charge in [-0.3, -0.25) is 0 Å². The first-order chi connectivity index (χ1) is 9.69. The molecule has 0 unspecified atom stereocenters. The van der Waals surface area contributed by atoms with E-state index in [-0.39, 0.29) is 6.61 Å². The van der Waals surface area contributed by atoms with Crippen molar-refractivity contribution in [3.05, 3.63) is 47.9 Å². The van der Waals surface area contributed by atoms with Gasteiger partial charge in [-0.25, -0.2) is 4.79 Å². The summed E-state index contributed by atoms with van der Waals surface area (Å²) in [6, 6.07) is 6.81. The highest BCUT2D eigenvalue weighted by Crippen LogP contribution is 2.26. The molecule has 1 aromatic carbocycles. The predicted molar refractivity (Wildman–Crippen MR) is 70.5 cm³/mol. The number of aromatic nitrogens is 1. The van der Waals surface area contributed by atoms with Crippen LogP contribution in [0.5, 0.6) is 11.5 Å². The van der Waals surface area contributed by atoms with E-state index in [1.165, 1.54) is 12.3 Å². The third-order valence-corrected chi connectivity index (χ3v) is 2.49. The molecule has 0 radical (unpaired) electrons. The van der Waals surface area contributed by atoms with Gasteiger partial charge in [0.2, 0.25) is 0 Å². The summed E-state index contributed by atoms with van der Waals surface area (Å²) in [5.41, 5.74) is 0.632. The summed E-state index contributed by atoms with van der Waals surface area (Å²) in [7, 11) is 1.54. The van der Waals surface area contributed by atoms with Crippen LogP contribution in [0.25, 0.3) is 6.08 Å². The lowest BCUT2D eigenvalue weighted by Gasteiger charge is -2.09. The first-order valence-corrected chi connectivity index (χ1v) is 5.80. The standard InChI is InChI=1S/C14H13NO5/c1-18-11-4-2-10(3-5-14(16)17)13(8-11)19-9-12-6-7-15-20-12/h2-8H,9H2,1H3,(H,16,17)/b5-3+. The molecule has 0 aliphatic carbocycles. The number of carboxylic acid groups (broad SMARTS) is 1. The maximum absolute atomic E-state index is 10.6. The fourth-order valence-corrected chi connectivity index (χ4v) is 1.53. The average molecular weight is 275 g/mol. The van der Waals surface area contributed by atoms with E-state index in [2.05, 4.69) is 5.16 Å². The molecule has 0 saturated heterocycles. The molecule has 104 valence electrons. The van der Waals surface area contributed by atoms with Gasteiger partial charge in [-0.1, -0.05) is 5.16 Å². The van der Waals surface area contributed by atoms with Gasteiger partial charge in [-0.2, -0.15) is 0 Å². The van der Waals surface area contributed by atoms with Crippen LogP contribution in [0.15, 0.2) is 41.1 Å². The molecular formula is C14H13NO5. The van der Waals surface area contributed by atoms with Gasteiger partial charge < -0.3 is 19.1 Å². The Bertz CT molecular complexity index is 604. The van der Waals surface area contributed by atoms with E-state index in [9.17, 15) is 4.79 Å². The number of aliphatic carboxylic acids is 1. The fraction of sp³-hybridized carbons (Fsp3) is 0.143. The summed E-state index contributed by atoms with van der Waals surface area (Å²) in [6.45, 7) is 0.196. The van der Waals surface area contributed by atoms with Gasteiger partial charge in [0.05, 0.1) is 13.3 Å². The second kappa shape index (κ2) is 6.42. The lowest BCUT2D eigenvalue weighted by Crippen LogP contribution is -1.97. The number of nitrogens with zero attached hydrogens (tertiary/aromatic N) is 1. The fourth-order valence-electron chi connectivity index (χ4n) is 1.53. The van der Waals surface area contributed by atoms with Gasteiger partial charge in [-0.15, -0.1) is 0 Å². The smallest absolute Gasteiger partial charge is 0.328 e. The lowest BCUT2D eigenvalue weighted by molar-refractivity contribution is -0.131. The third kappa shape index (κ3) is 3.61. The minimum atomic E-state index is -1.03. The predicted octanol–water partition coefficient (Wildman–Crippen LogP) is 2.36. The highest BCUT2D eigenvalue weighted by atomic mass is 16.5. The number of benzene rings is 1. The molecule has 2 aromatic rings. The van der Waals surface area contributed by atoms with Crippen molar-refractivity contribution < 1.29 is 23.9 Å². The van der Waals surface area contributed by atoms with Crippen molar-refractivity contribution in [2.24, 2.45) is 0 Å². The van der Waals surface area contributed by atoms with Gasteiger partial charge in [0.1, 0.15) is 18.1 Å². The zero-order chi connectivity index (χ0) is 14.4. The number of carboxylic acids is 1. The van der Waals surface area contributed by atoms with Gasteiger partial charge >= 0.3 is 5.97 Å². The van der Waals surface area contributed by atoms with E-state index >= 15 is 0 Å². The zero-order valence-electron chi connectivity index (χ0n) is 10.8. The molecule has 1 aromatic heterocycles. The van der Waals surface area contributed by atoms with Gasteiger partial charge in [0, 0.05) is 23.8 Å². The summed E-state index contributed by atoms with van der Waals surface area (Å²) in [5, 5.41) is 12.2. The number of ether oxygens (including phenoxy) is 2. The molecule has 1 heterocycles. The minimum absolute atomic E-state index is 0.196. The van der Waals surface area contributed by atoms with Crippen molar-refractivity contribution in [2.45, 2.75) is 6.61 Å². The monoisotopic (exact) mass is 275 g/mol. The van der Waals surface area contributed by atoms with Gasteiger partial charge in [0.25, 0.3) is 0 Å². The van der Waals surface area contributed by atoms with Crippen LogP contribution in [0.4, 0.5) is 0 Å². The maximum Gasteiger partial charge on any atom is 0.328 e. The van der Waals surface area contributed by atoms with Crippen molar-refractivity contribution in [1.82, 2.24) is 5.16 Å². The van der Waals surface area contributed by atoms with Crippen LogP contribution in [-0.2, 0) is 11.4 Å². The normalized spacial score (nSPS) is 10.7. The second-order valence-electron chi connectivity index (χ2n) is 3.84. The Labute approximate surface area is 115 Å². The van der Waals surface area contributed by atoms with E-state index in [1.54, 1.807) is 31.4 Å². The van der Waals surface area contributed by atoms with E-state index in [4.69, 9.17) is 19.1 Å². The molecular weight excluding hydrogens is 262 g/mol. The van der Waals surface area contributed by atoms with E-state index < -0.39 is 5.97 Å². The molecule has 0 atom stereocenters. The van der Waals surface area contributed by atoms with E-state index in [0.717, 1.165) is 6.08 Å². The van der Waals surface area contributed by atoms with Gasteiger partial charge in [-0.05, 0) is 18.2 Å². The summed E-state index contributed by atoms with van der Waals surface area (Å²) in [4.78, 5) is 10.6. The van der Waals surface area contributed by atoms with E-state index in [1.807, 2.05) is 0 Å². The summed E-state index contributed by atoms with van der Waals surface area (Å²) >= 11 is 0. The van der Waals surface area contributed by atoms with Crippen LogP contribution >= 0.6 is 0 Å². The Balaban J connectivity index is 2.20. The molecule has 0 bridgehead atoms. The molecule has 0 spiro atoms. The molecule has 1 N–H and O–H groups in total. The highest BCUT2D eigenvalue weighted by molar-refractivity contribution is 5.86. The molecule has 0 aliphatic rings. The third-order valence-electron chi connectivity index (χ3n) is 2.49. The Morgan fingerprint density at radius 2 is 2.30 bits per heavy atom. The maximum atomic E-state index is 10.6. The number of hydrogen-bond acceptors (Lipinski definition) is 5. The van der Waals surface area contributed by atoms with Gasteiger partial charge in [0.15, 0.2) is 5.76 Å². The Hall–Kier alpha value is -2.76. The van der Waals surface area contributed by atoms with Crippen molar-refractivity contribution >= 4 is 12.0 Å². The number of carbonyl (C=O) groups is 1. The van der Waals surface area contributed by atoms with Crippen LogP contribution in [0, 0.1) is 0 Å². The highest BCUT2D eigenvalue weighted by Gasteiger charge is 2.06. The topological polar surface area (TPSA) is 81.8 Å². The summed E-state index contributed by atoms with van der Waals surface area (Å²) in [6.07, 6.45) is 4.02. The quantitative estimate of drug-likeness (QED) is 0.815. The molecule has 2 rings (SSSR count). The molecule has 0 saturated carbocycles. The molecule has 0 aliphatic heterocycles. The lowest BCUT2D eigenvalue weighted by atomic mass is 10.1. The van der Waals surface area contributed by atoms with E-state index in [0.29, 0.717) is 22.8 Å². The van der Waals surface area contributed by atoms with Crippen LogP contribution < -0.4 is 9.47 Å². The van der Waals surface area contributed by atoms with Crippen molar-refractivity contribution in [2.75, 3.05) is 7.11 Å². The summed E-state index contributed by atoms with van der Waals surface area (Å²) in [5.74, 6) is 0.659.